The normalized spacial score (nSPS) is 11.1. The van der Waals surface area contributed by atoms with Crippen LogP contribution in [-0.4, -0.2) is 15.8 Å². The summed E-state index contributed by atoms with van der Waals surface area (Å²) >= 11 is 1.75. The Bertz CT molecular complexity index is 744. The predicted molar refractivity (Wildman–Crippen MR) is 86.6 cm³/mol. The van der Waals surface area contributed by atoms with Gasteiger partial charge in [-0.2, -0.15) is 0 Å². The Kier molecular flexibility index (Phi) is 3.40. The van der Waals surface area contributed by atoms with Gasteiger partial charge in [-0.25, -0.2) is 4.98 Å². The molecule has 0 radical (unpaired) electrons. The molecule has 0 fully saturated rings. The zero-order chi connectivity index (χ0) is 14.1. The molecule has 0 unspecified atom stereocenters. The first-order valence-electron chi connectivity index (χ1n) is 6.64. The van der Waals surface area contributed by atoms with Gasteiger partial charge in [-0.1, -0.05) is 6.92 Å². The van der Waals surface area contributed by atoms with Gasteiger partial charge < -0.3 is 5.73 Å². The van der Waals surface area contributed by atoms with Crippen LogP contribution >= 0.6 is 11.8 Å². The quantitative estimate of drug-likeness (QED) is 0.586. The Labute approximate surface area is 122 Å². The number of thioether (sulfide) groups is 1. The number of imidazole rings is 1. The second kappa shape index (κ2) is 5.21. The number of nitrogens with zero attached hydrogens (tertiary/aromatic N) is 2. The van der Waals surface area contributed by atoms with Crippen LogP contribution in [0.25, 0.3) is 16.7 Å². The lowest BCUT2D eigenvalue weighted by Gasteiger charge is -2.09. The van der Waals surface area contributed by atoms with Gasteiger partial charge in [0.1, 0.15) is 5.82 Å². The summed E-state index contributed by atoms with van der Waals surface area (Å²) in [6, 6.07) is 14.5. The van der Waals surface area contributed by atoms with E-state index in [-0.39, 0.29) is 0 Å². The van der Waals surface area contributed by atoms with E-state index >= 15 is 0 Å². The Morgan fingerprint density at radius 1 is 1.15 bits per heavy atom. The van der Waals surface area contributed by atoms with Crippen molar-refractivity contribution < 1.29 is 0 Å². The van der Waals surface area contributed by atoms with Gasteiger partial charge in [0, 0.05) is 22.7 Å². The van der Waals surface area contributed by atoms with E-state index in [9.17, 15) is 0 Å². The van der Waals surface area contributed by atoms with E-state index in [4.69, 9.17) is 5.73 Å². The van der Waals surface area contributed by atoms with Crippen molar-refractivity contribution in [2.75, 3.05) is 12.0 Å². The average molecular weight is 283 g/mol. The van der Waals surface area contributed by atoms with Crippen molar-refractivity contribution in [3.63, 3.8) is 0 Å². The Hall–Kier alpha value is -1.94. The van der Waals surface area contributed by atoms with Gasteiger partial charge in [0.05, 0.1) is 11.0 Å². The molecule has 0 saturated carbocycles. The number of fused-ring (bicyclic) bond motifs is 1. The van der Waals surface area contributed by atoms with Crippen molar-refractivity contribution >= 4 is 28.5 Å². The number of hydrogen-bond donors (Lipinski definition) is 1. The smallest absolute Gasteiger partial charge is 0.114 e. The molecule has 3 aromatic rings. The van der Waals surface area contributed by atoms with E-state index in [2.05, 4.69) is 47.0 Å². The molecule has 4 heteroatoms. The van der Waals surface area contributed by atoms with Crippen LogP contribution in [0.1, 0.15) is 12.7 Å². The molecule has 2 aromatic carbocycles. The number of aromatic nitrogens is 2. The first-order valence-corrected chi connectivity index (χ1v) is 7.86. The summed E-state index contributed by atoms with van der Waals surface area (Å²) in [7, 11) is 0. The van der Waals surface area contributed by atoms with Crippen LogP contribution in [0.5, 0.6) is 0 Å². The summed E-state index contributed by atoms with van der Waals surface area (Å²) in [5.74, 6) is 1.06. The first-order chi connectivity index (χ1) is 9.72. The molecular formula is C16H17N3S. The van der Waals surface area contributed by atoms with Crippen LogP contribution in [0.3, 0.4) is 0 Å². The maximum atomic E-state index is 5.85. The summed E-state index contributed by atoms with van der Waals surface area (Å²) in [6.45, 7) is 2.12. The van der Waals surface area contributed by atoms with E-state index in [1.165, 1.54) is 4.90 Å². The average Bonchev–Trinajstić information content (AvgIpc) is 2.84. The zero-order valence-corrected chi connectivity index (χ0v) is 12.4. The highest BCUT2D eigenvalue weighted by molar-refractivity contribution is 7.98. The number of aryl methyl sites for hydroxylation is 1. The van der Waals surface area contributed by atoms with Crippen LogP contribution in [0.15, 0.2) is 47.4 Å². The van der Waals surface area contributed by atoms with Gasteiger partial charge in [-0.05, 0) is 48.7 Å². The van der Waals surface area contributed by atoms with E-state index in [1.54, 1.807) is 11.8 Å². The van der Waals surface area contributed by atoms with E-state index in [1.807, 2.05) is 18.2 Å². The van der Waals surface area contributed by atoms with Crippen LogP contribution in [-0.2, 0) is 6.42 Å². The number of anilines is 1. The fourth-order valence-corrected chi connectivity index (χ4v) is 2.81. The number of hydrogen-bond acceptors (Lipinski definition) is 3. The van der Waals surface area contributed by atoms with Crippen molar-refractivity contribution in [1.29, 1.82) is 0 Å². The van der Waals surface area contributed by atoms with Crippen LogP contribution in [0, 0.1) is 0 Å². The summed E-state index contributed by atoms with van der Waals surface area (Å²) < 4.78 is 2.21. The van der Waals surface area contributed by atoms with Crippen LogP contribution in [0.4, 0.5) is 5.69 Å². The molecule has 0 saturated heterocycles. The Morgan fingerprint density at radius 3 is 2.55 bits per heavy atom. The Morgan fingerprint density at radius 2 is 1.90 bits per heavy atom. The lowest BCUT2D eigenvalue weighted by molar-refractivity contribution is 0.907. The largest absolute Gasteiger partial charge is 0.399 e. The zero-order valence-electron chi connectivity index (χ0n) is 11.6. The standard InChI is InChI=1S/C16H17N3S/c1-3-16-18-14-10-11(17)4-9-15(14)19(16)12-5-7-13(20-2)8-6-12/h4-10H,3,17H2,1-2H3. The predicted octanol–water partition coefficient (Wildman–Crippen LogP) is 3.89. The molecular weight excluding hydrogens is 266 g/mol. The second-order valence-electron chi connectivity index (χ2n) is 4.66. The lowest BCUT2D eigenvalue weighted by atomic mass is 10.2. The highest BCUT2D eigenvalue weighted by Crippen LogP contribution is 2.25. The van der Waals surface area contributed by atoms with Gasteiger partial charge in [-0.15, -0.1) is 11.8 Å². The minimum Gasteiger partial charge on any atom is -0.399 e. The van der Waals surface area contributed by atoms with Gasteiger partial charge in [0.25, 0.3) is 0 Å². The number of benzene rings is 2. The van der Waals surface area contributed by atoms with Crippen molar-refractivity contribution in [2.24, 2.45) is 0 Å². The number of nitrogen functional groups attached to an aromatic ring is 1. The SMILES string of the molecule is CCc1nc2cc(N)ccc2n1-c1ccc(SC)cc1. The molecule has 0 spiro atoms. The fraction of sp³-hybridized carbons (Fsp3) is 0.188. The number of rotatable bonds is 3. The molecule has 20 heavy (non-hydrogen) atoms. The maximum absolute atomic E-state index is 5.85. The van der Waals surface area contributed by atoms with Crippen molar-refractivity contribution in [3.05, 3.63) is 48.3 Å². The minimum atomic E-state index is 0.752. The third-order valence-electron chi connectivity index (χ3n) is 3.39. The molecule has 0 aliphatic carbocycles. The van der Waals surface area contributed by atoms with E-state index < -0.39 is 0 Å². The third kappa shape index (κ3) is 2.16. The highest BCUT2D eigenvalue weighted by atomic mass is 32.2. The van der Waals surface area contributed by atoms with E-state index in [0.29, 0.717) is 0 Å². The molecule has 102 valence electrons. The third-order valence-corrected chi connectivity index (χ3v) is 4.14. The topological polar surface area (TPSA) is 43.8 Å². The fourth-order valence-electron chi connectivity index (χ4n) is 2.40. The summed E-state index contributed by atoms with van der Waals surface area (Å²) in [5, 5.41) is 0. The molecule has 1 heterocycles. The van der Waals surface area contributed by atoms with Crippen molar-refractivity contribution in [3.8, 4) is 5.69 Å². The molecule has 2 N–H and O–H groups in total. The van der Waals surface area contributed by atoms with Crippen LogP contribution in [0.2, 0.25) is 0 Å². The molecule has 0 amide bonds. The minimum absolute atomic E-state index is 0.752. The molecule has 0 bridgehead atoms. The van der Waals surface area contributed by atoms with Gasteiger partial charge in [0.2, 0.25) is 0 Å². The van der Waals surface area contributed by atoms with Gasteiger partial charge in [-0.3, -0.25) is 4.57 Å². The summed E-state index contributed by atoms with van der Waals surface area (Å²) in [6.07, 6.45) is 2.97. The maximum Gasteiger partial charge on any atom is 0.114 e. The van der Waals surface area contributed by atoms with Crippen molar-refractivity contribution in [2.45, 2.75) is 18.2 Å². The monoisotopic (exact) mass is 283 g/mol. The van der Waals surface area contributed by atoms with Crippen molar-refractivity contribution in [1.82, 2.24) is 9.55 Å². The Balaban J connectivity index is 2.22. The summed E-state index contributed by atoms with van der Waals surface area (Å²) in [4.78, 5) is 5.95. The van der Waals surface area contributed by atoms with Gasteiger partial charge >= 0.3 is 0 Å². The first kappa shape index (κ1) is 13.1. The van der Waals surface area contributed by atoms with Gasteiger partial charge in [0.15, 0.2) is 0 Å². The molecule has 0 atom stereocenters. The lowest BCUT2D eigenvalue weighted by Crippen LogP contribution is -1.99. The van der Waals surface area contributed by atoms with E-state index in [0.717, 1.165) is 34.7 Å². The van der Waals surface area contributed by atoms with Crippen LogP contribution < -0.4 is 5.73 Å². The molecule has 0 aliphatic heterocycles. The second-order valence-corrected chi connectivity index (χ2v) is 5.54. The molecule has 3 nitrogen and oxygen atoms in total. The molecule has 0 aliphatic rings. The highest BCUT2D eigenvalue weighted by Gasteiger charge is 2.11. The number of nitrogens with two attached hydrogens (primary N) is 1. The summed E-state index contributed by atoms with van der Waals surface area (Å²) in [5.41, 5.74) is 9.81. The molecule has 1 aromatic heterocycles. The molecule has 3 rings (SSSR count).